The van der Waals surface area contributed by atoms with E-state index in [1.54, 1.807) is 30.7 Å². The molecule has 4 rings (SSSR count). The van der Waals surface area contributed by atoms with Gasteiger partial charge in [0.25, 0.3) is 11.7 Å². The van der Waals surface area contributed by atoms with Crippen molar-refractivity contribution in [3.05, 3.63) is 93.0 Å². The molecule has 0 bridgehead atoms. The third-order valence-electron chi connectivity index (χ3n) is 5.82. The van der Waals surface area contributed by atoms with Gasteiger partial charge < -0.3 is 14.6 Å². The van der Waals surface area contributed by atoms with Gasteiger partial charge >= 0.3 is 0 Å². The number of rotatable bonds is 6. The van der Waals surface area contributed by atoms with Crippen LogP contribution in [0.3, 0.4) is 0 Å². The van der Waals surface area contributed by atoms with E-state index in [-0.39, 0.29) is 11.3 Å². The number of aliphatic hydroxyl groups is 1. The van der Waals surface area contributed by atoms with Gasteiger partial charge in [0.15, 0.2) is 0 Å². The van der Waals surface area contributed by atoms with E-state index in [0.29, 0.717) is 40.7 Å². The summed E-state index contributed by atoms with van der Waals surface area (Å²) < 4.78 is 1.90. The second-order valence-corrected chi connectivity index (χ2v) is 8.95. The molecule has 1 aromatic heterocycles. The van der Waals surface area contributed by atoms with Crippen LogP contribution in [0.5, 0.6) is 0 Å². The average Bonchev–Trinajstić information content (AvgIpc) is 3.39. The first-order valence-corrected chi connectivity index (χ1v) is 11.3. The minimum Gasteiger partial charge on any atom is -0.507 e. The summed E-state index contributed by atoms with van der Waals surface area (Å²) in [6.45, 7) is 4.70. The van der Waals surface area contributed by atoms with E-state index in [9.17, 15) is 14.7 Å². The Morgan fingerprint density at radius 1 is 1.06 bits per heavy atom. The molecule has 1 aliphatic rings. The highest BCUT2D eigenvalue weighted by atomic mass is 35.5. The van der Waals surface area contributed by atoms with Gasteiger partial charge in [-0.15, -0.1) is 0 Å². The quantitative estimate of drug-likeness (QED) is 0.292. The highest BCUT2D eigenvalue weighted by Gasteiger charge is 2.46. The summed E-state index contributed by atoms with van der Waals surface area (Å²) in [5, 5.41) is 11.9. The molecule has 33 heavy (non-hydrogen) atoms. The third-order valence-corrected chi connectivity index (χ3v) is 6.56. The van der Waals surface area contributed by atoms with E-state index >= 15 is 0 Å². The number of hydrogen-bond donors (Lipinski definition) is 1. The maximum atomic E-state index is 13.2. The Morgan fingerprint density at radius 2 is 1.85 bits per heavy atom. The number of halogens is 2. The molecular weight excluding hydrogens is 461 g/mol. The van der Waals surface area contributed by atoms with E-state index < -0.39 is 17.7 Å². The molecule has 0 radical (unpaired) electrons. The zero-order valence-electron chi connectivity index (χ0n) is 18.3. The number of aromatic nitrogens is 2. The minimum atomic E-state index is -0.775. The van der Waals surface area contributed by atoms with Crippen molar-refractivity contribution in [2.75, 3.05) is 6.54 Å². The maximum absolute atomic E-state index is 13.2. The first-order chi connectivity index (χ1) is 15.8. The third kappa shape index (κ3) is 4.54. The van der Waals surface area contributed by atoms with Crippen molar-refractivity contribution >= 4 is 40.7 Å². The Balaban J connectivity index is 1.79. The Bertz CT molecular complexity index is 1250. The largest absolute Gasteiger partial charge is 0.507 e. The number of nitrogens with zero attached hydrogens (tertiary/aromatic N) is 3. The zero-order chi connectivity index (χ0) is 23.7. The van der Waals surface area contributed by atoms with Crippen LogP contribution in [0.2, 0.25) is 10.0 Å². The molecule has 1 atom stereocenters. The molecule has 1 saturated heterocycles. The normalized spacial score (nSPS) is 17.7. The summed E-state index contributed by atoms with van der Waals surface area (Å²) in [6.07, 6.45) is 5.83. The fraction of sp³-hybridized carbons (Fsp3) is 0.240. The lowest BCUT2D eigenvalue weighted by atomic mass is 9.93. The van der Waals surface area contributed by atoms with Crippen LogP contribution in [0, 0.1) is 13.8 Å². The first-order valence-electron chi connectivity index (χ1n) is 10.5. The van der Waals surface area contributed by atoms with Crippen LogP contribution >= 0.6 is 23.2 Å². The van der Waals surface area contributed by atoms with E-state index in [2.05, 4.69) is 4.98 Å². The molecule has 0 saturated carbocycles. The summed E-state index contributed by atoms with van der Waals surface area (Å²) in [7, 11) is 0. The van der Waals surface area contributed by atoms with Crippen LogP contribution in [0.4, 0.5) is 0 Å². The standard InChI is InChI=1S/C25H23Cl2N3O3/c1-15-4-5-16(2)18(12-15)23(31)21-22(17-6-7-19(26)20(27)13-17)30(25(33)24(21)32)10-3-9-29-11-8-28-14-29/h4-8,11-14,22,31H,3,9-10H2,1-2H3. The number of ketones is 1. The molecule has 6 nitrogen and oxygen atoms in total. The van der Waals surface area contributed by atoms with Gasteiger partial charge in [0, 0.05) is 31.0 Å². The highest BCUT2D eigenvalue weighted by molar-refractivity contribution is 6.47. The number of amides is 1. The number of carbonyl (C=O) groups is 2. The van der Waals surface area contributed by atoms with Gasteiger partial charge in [0.1, 0.15) is 5.76 Å². The molecule has 1 aliphatic heterocycles. The fourth-order valence-corrected chi connectivity index (χ4v) is 4.42. The number of aryl methyl sites for hydroxylation is 3. The van der Waals surface area contributed by atoms with Crippen molar-refractivity contribution in [3.63, 3.8) is 0 Å². The first kappa shape index (κ1) is 23.1. The summed E-state index contributed by atoms with van der Waals surface area (Å²) in [5.41, 5.74) is 2.92. The van der Waals surface area contributed by atoms with Crippen molar-refractivity contribution in [1.29, 1.82) is 0 Å². The minimum absolute atomic E-state index is 0.0507. The topological polar surface area (TPSA) is 75.4 Å². The lowest BCUT2D eigenvalue weighted by Gasteiger charge is -2.26. The summed E-state index contributed by atoms with van der Waals surface area (Å²) in [5.74, 6) is -1.56. The SMILES string of the molecule is Cc1ccc(C)c(C(O)=C2C(=O)C(=O)N(CCCn3ccnc3)C2c2ccc(Cl)c(Cl)c2)c1. The van der Waals surface area contributed by atoms with Gasteiger partial charge in [0.05, 0.1) is 28.0 Å². The van der Waals surface area contributed by atoms with Crippen LogP contribution in [0.1, 0.15) is 34.7 Å². The average molecular weight is 484 g/mol. The van der Waals surface area contributed by atoms with Crippen LogP contribution < -0.4 is 0 Å². The molecular formula is C25H23Cl2N3O3. The van der Waals surface area contributed by atoms with Crippen LogP contribution in [0.25, 0.3) is 5.76 Å². The van der Waals surface area contributed by atoms with E-state index in [1.165, 1.54) is 4.90 Å². The summed E-state index contributed by atoms with van der Waals surface area (Å²) in [6, 6.07) is 9.83. The lowest BCUT2D eigenvalue weighted by Crippen LogP contribution is -2.31. The van der Waals surface area contributed by atoms with Gasteiger partial charge in [-0.3, -0.25) is 9.59 Å². The van der Waals surface area contributed by atoms with Gasteiger partial charge in [-0.2, -0.15) is 0 Å². The molecule has 1 amide bonds. The van der Waals surface area contributed by atoms with Gasteiger partial charge in [-0.1, -0.05) is 47.0 Å². The van der Waals surface area contributed by atoms with Gasteiger partial charge in [-0.25, -0.2) is 4.98 Å². The lowest BCUT2D eigenvalue weighted by molar-refractivity contribution is -0.139. The molecule has 1 N–H and O–H groups in total. The molecule has 0 spiro atoms. The summed E-state index contributed by atoms with van der Waals surface area (Å²) in [4.78, 5) is 31.8. The Kier molecular flexibility index (Phi) is 6.58. The Labute approximate surface area is 202 Å². The number of aliphatic hydroxyl groups excluding tert-OH is 1. The Morgan fingerprint density at radius 3 is 2.55 bits per heavy atom. The van der Waals surface area contributed by atoms with Gasteiger partial charge in [0.2, 0.25) is 0 Å². The maximum Gasteiger partial charge on any atom is 0.295 e. The Hall–Kier alpha value is -3.09. The number of Topliss-reactive ketones (excluding diaryl/α,β-unsaturated/α-hetero) is 1. The molecule has 2 aromatic carbocycles. The number of imidazole rings is 1. The van der Waals surface area contributed by atoms with E-state index in [4.69, 9.17) is 23.2 Å². The van der Waals surface area contributed by atoms with Gasteiger partial charge in [-0.05, 0) is 49.6 Å². The number of likely N-dealkylation sites (tertiary alicyclic amines) is 1. The molecule has 1 unspecified atom stereocenters. The van der Waals surface area contributed by atoms with Crippen molar-refractivity contribution in [2.45, 2.75) is 32.9 Å². The second kappa shape index (κ2) is 9.41. The van der Waals surface area contributed by atoms with Crippen LogP contribution in [0.15, 0.2) is 60.7 Å². The van der Waals surface area contributed by atoms with Crippen molar-refractivity contribution < 1.29 is 14.7 Å². The number of carbonyl (C=O) groups excluding carboxylic acids is 2. The molecule has 0 aliphatic carbocycles. The molecule has 2 heterocycles. The zero-order valence-corrected chi connectivity index (χ0v) is 19.8. The number of hydrogen-bond acceptors (Lipinski definition) is 4. The molecule has 3 aromatic rings. The van der Waals surface area contributed by atoms with E-state index in [0.717, 1.165) is 11.1 Å². The molecule has 8 heteroatoms. The predicted octanol–water partition coefficient (Wildman–Crippen LogP) is 5.32. The van der Waals surface area contributed by atoms with E-state index in [1.807, 2.05) is 42.8 Å². The van der Waals surface area contributed by atoms with Crippen LogP contribution in [-0.4, -0.2) is 37.8 Å². The van der Waals surface area contributed by atoms with Crippen LogP contribution in [-0.2, 0) is 16.1 Å². The fourth-order valence-electron chi connectivity index (χ4n) is 4.12. The predicted molar refractivity (Wildman–Crippen MR) is 128 cm³/mol. The molecule has 170 valence electrons. The second-order valence-electron chi connectivity index (χ2n) is 8.14. The smallest absolute Gasteiger partial charge is 0.295 e. The number of benzene rings is 2. The van der Waals surface area contributed by atoms with Crippen molar-refractivity contribution in [3.8, 4) is 0 Å². The summed E-state index contributed by atoms with van der Waals surface area (Å²) >= 11 is 12.4. The van der Waals surface area contributed by atoms with Crippen molar-refractivity contribution in [1.82, 2.24) is 14.5 Å². The highest BCUT2D eigenvalue weighted by Crippen LogP contribution is 2.41. The molecule has 1 fully saturated rings. The monoisotopic (exact) mass is 483 g/mol. The van der Waals surface area contributed by atoms with Crippen molar-refractivity contribution in [2.24, 2.45) is 0 Å².